The zero-order valence-electron chi connectivity index (χ0n) is 14.3. The molecule has 7 heteroatoms. The molecule has 0 aliphatic rings. The molecule has 0 aliphatic heterocycles. The first-order valence-corrected chi connectivity index (χ1v) is 8.80. The van der Waals surface area contributed by atoms with Crippen molar-refractivity contribution >= 4 is 28.4 Å². The van der Waals surface area contributed by atoms with Crippen molar-refractivity contribution in [2.24, 2.45) is 0 Å². The first kappa shape index (κ1) is 17.2. The molecule has 4 aromatic rings. The molecule has 134 valence electrons. The summed E-state index contributed by atoms with van der Waals surface area (Å²) in [6, 6.07) is 15.3. The maximum absolute atomic E-state index is 12.7. The van der Waals surface area contributed by atoms with Crippen LogP contribution >= 0.6 is 11.6 Å². The van der Waals surface area contributed by atoms with E-state index in [1.165, 1.54) is 6.33 Å². The Morgan fingerprint density at radius 2 is 1.74 bits per heavy atom. The van der Waals surface area contributed by atoms with Gasteiger partial charge in [0.1, 0.15) is 6.33 Å². The minimum absolute atomic E-state index is 0.232. The van der Waals surface area contributed by atoms with Gasteiger partial charge in [0.25, 0.3) is 5.91 Å². The second kappa shape index (κ2) is 7.55. The van der Waals surface area contributed by atoms with Gasteiger partial charge in [-0.25, -0.2) is 9.97 Å². The number of benzene rings is 2. The Balaban J connectivity index is 1.61. The number of carbonyl (C=O) groups excluding carboxylic acids is 1. The summed E-state index contributed by atoms with van der Waals surface area (Å²) in [5.41, 5.74) is 3.19. The molecule has 1 N–H and O–H groups in total. The molecule has 0 bridgehead atoms. The molecule has 0 saturated heterocycles. The lowest BCUT2D eigenvalue weighted by molar-refractivity contribution is 0.0946. The Labute approximate surface area is 160 Å². The molecule has 2 aromatic carbocycles. The van der Waals surface area contributed by atoms with Gasteiger partial charge in [0.2, 0.25) is 0 Å². The first-order chi connectivity index (χ1) is 13.2. The second-order valence-corrected chi connectivity index (χ2v) is 6.52. The molecule has 1 amide bonds. The molecule has 2 heterocycles. The number of aromatic nitrogens is 4. The molecule has 0 spiro atoms. The van der Waals surface area contributed by atoms with Crippen molar-refractivity contribution in [3.8, 4) is 0 Å². The van der Waals surface area contributed by atoms with Crippen molar-refractivity contribution < 1.29 is 4.79 Å². The highest BCUT2D eigenvalue weighted by Crippen LogP contribution is 2.20. The van der Waals surface area contributed by atoms with E-state index in [4.69, 9.17) is 11.6 Å². The van der Waals surface area contributed by atoms with E-state index in [0.29, 0.717) is 23.8 Å². The first-order valence-electron chi connectivity index (χ1n) is 8.43. The summed E-state index contributed by atoms with van der Waals surface area (Å²) in [5.74, 6) is -0.232. The predicted molar refractivity (Wildman–Crippen MR) is 103 cm³/mol. The van der Waals surface area contributed by atoms with Crippen LogP contribution in [0.25, 0.3) is 10.9 Å². The molecule has 0 aliphatic carbocycles. The van der Waals surface area contributed by atoms with Gasteiger partial charge >= 0.3 is 0 Å². The summed E-state index contributed by atoms with van der Waals surface area (Å²) in [6.07, 6.45) is 4.80. The Bertz CT molecular complexity index is 1080. The van der Waals surface area contributed by atoms with Gasteiger partial charge < -0.3 is 5.32 Å². The Morgan fingerprint density at radius 3 is 2.52 bits per heavy atom. The quantitative estimate of drug-likeness (QED) is 0.578. The van der Waals surface area contributed by atoms with E-state index in [2.05, 4.69) is 20.4 Å². The Morgan fingerprint density at radius 1 is 1.00 bits per heavy atom. The normalized spacial score (nSPS) is 10.9. The van der Waals surface area contributed by atoms with E-state index in [1.54, 1.807) is 12.4 Å². The van der Waals surface area contributed by atoms with E-state index in [1.807, 2.05) is 53.2 Å². The molecule has 0 radical (unpaired) electrons. The standard InChI is InChI=1S/C20H16ClN5O/c21-16-7-5-14(6-8-16)12-26-18-4-2-1-3-17(18)19(25-26)20(27)24-11-15-9-22-13-23-10-15/h1-10,13H,11-12H2,(H,24,27). The Kier molecular flexibility index (Phi) is 4.80. The number of fused-ring (bicyclic) bond motifs is 1. The van der Waals surface area contributed by atoms with Crippen LogP contribution in [0.15, 0.2) is 67.3 Å². The van der Waals surface area contributed by atoms with Crippen LogP contribution in [0.3, 0.4) is 0 Å². The number of nitrogens with zero attached hydrogens (tertiary/aromatic N) is 4. The average Bonchev–Trinajstić information content (AvgIpc) is 3.07. The van der Waals surface area contributed by atoms with E-state index in [0.717, 1.165) is 22.0 Å². The van der Waals surface area contributed by atoms with Crippen molar-refractivity contribution in [3.05, 3.63) is 89.1 Å². The highest BCUT2D eigenvalue weighted by molar-refractivity contribution is 6.30. The van der Waals surface area contributed by atoms with Crippen molar-refractivity contribution in [1.82, 2.24) is 25.1 Å². The van der Waals surface area contributed by atoms with E-state index in [9.17, 15) is 4.79 Å². The third-order valence-electron chi connectivity index (χ3n) is 4.19. The van der Waals surface area contributed by atoms with Crippen molar-refractivity contribution in [2.75, 3.05) is 0 Å². The molecule has 0 fully saturated rings. The maximum Gasteiger partial charge on any atom is 0.272 e. The smallest absolute Gasteiger partial charge is 0.272 e. The third kappa shape index (κ3) is 3.80. The lowest BCUT2D eigenvalue weighted by Gasteiger charge is -2.04. The highest BCUT2D eigenvalue weighted by Gasteiger charge is 2.17. The largest absolute Gasteiger partial charge is 0.346 e. The van der Waals surface area contributed by atoms with E-state index in [-0.39, 0.29) is 5.91 Å². The van der Waals surface area contributed by atoms with E-state index < -0.39 is 0 Å². The van der Waals surface area contributed by atoms with Gasteiger partial charge in [0.15, 0.2) is 5.69 Å². The zero-order valence-corrected chi connectivity index (χ0v) is 15.1. The number of halogens is 1. The van der Waals surface area contributed by atoms with Crippen LogP contribution in [0.1, 0.15) is 21.6 Å². The molecule has 4 rings (SSSR count). The molecule has 2 aromatic heterocycles. The van der Waals surface area contributed by atoms with Crippen LogP contribution in [0.2, 0.25) is 5.02 Å². The summed E-state index contributed by atoms with van der Waals surface area (Å²) < 4.78 is 1.83. The summed E-state index contributed by atoms with van der Waals surface area (Å²) in [5, 5.41) is 8.94. The van der Waals surface area contributed by atoms with Gasteiger partial charge in [0.05, 0.1) is 12.1 Å². The fraction of sp³-hybridized carbons (Fsp3) is 0.100. The van der Waals surface area contributed by atoms with Crippen molar-refractivity contribution in [3.63, 3.8) is 0 Å². The number of carbonyl (C=O) groups is 1. The maximum atomic E-state index is 12.7. The number of hydrogen-bond acceptors (Lipinski definition) is 4. The molecule has 0 unspecified atom stereocenters. The number of amides is 1. The summed E-state index contributed by atoms with van der Waals surface area (Å²) in [4.78, 5) is 20.6. The number of hydrogen-bond donors (Lipinski definition) is 1. The number of rotatable bonds is 5. The molecule has 27 heavy (non-hydrogen) atoms. The molecular weight excluding hydrogens is 362 g/mol. The van der Waals surface area contributed by atoms with Crippen molar-refractivity contribution in [2.45, 2.75) is 13.1 Å². The van der Waals surface area contributed by atoms with Crippen LogP contribution in [0, 0.1) is 0 Å². The monoisotopic (exact) mass is 377 g/mol. The lowest BCUT2D eigenvalue weighted by Crippen LogP contribution is -2.23. The molecule has 0 saturated carbocycles. The number of nitrogens with one attached hydrogen (secondary N) is 1. The van der Waals surface area contributed by atoms with Crippen LogP contribution < -0.4 is 5.32 Å². The van der Waals surface area contributed by atoms with Gasteiger partial charge in [-0.3, -0.25) is 9.48 Å². The molecule has 0 atom stereocenters. The van der Waals surface area contributed by atoms with Gasteiger partial charge in [-0.2, -0.15) is 5.10 Å². The van der Waals surface area contributed by atoms with Crippen LogP contribution in [0.5, 0.6) is 0 Å². The summed E-state index contributed by atoms with van der Waals surface area (Å²) >= 11 is 5.96. The number of para-hydroxylation sites is 1. The van der Waals surface area contributed by atoms with Gasteiger partial charge in [-0.05, 0) is 23.8 Å². The van der Waals surface area contributed by atoms with Crippen LogP contribution in [-0.4, -0.2) is 25.7 Å². The molecule has 6 nitrogen and oxygen atoms in total. The van der Waals surface area contributed by atoms with Gasteiger partial charge in [0, 0.05) is 34.9 Å². The second-order valence-electron chi connectivity index (χ2n) is 6.08. The summed E-state index contributed by atoms with van der Waals surface area (Å²) in [6.45, 7) is 0.898. The topological polar surface area (TPSA) is 72.7 Å². The van der Waals surface area contributed by atoms with E-state index >= 15 is 0 Å². The van der Waals surface area contributed by atoms with Gasteiger partial charge in [-0.15, -0.1) is 0 Å². The predicted octanol–water partition coefficient (Wildman–Crippen LogP) is 3.46. The van der Waals surface area contributed by atoms with Crippen LogP contribution in [0.4, 0.5) is 0 Å². The van der Waals surface area contributed by atoms with Crippen LogP contribution in [-0.2, 0) is 13.1 Å². The fourth-order valence-electron chi connectivity index (χ4n) is 2.87. The third-order valence-corrected chi connectivity index (χ3v) is 4.44. The molecular formula is C20H16ClN5O. The zero-order chi connectivity index (χ0) is 18.6. The minimum Gasteiger partial charge on any atom is -0.346 e. The minimum atomic E-state index is -0.232. The Hall–Kier alpha value is -3.25. The SMILES string of the molecule is O=C(NCc1cncnc1)c1nn(Cc2ccc(Cl)cc2)c2ccccc12. The summed E-state index contributed by atoms with van der Waals surface area (Å²) in [7, 11) is 0. The van der Waals surface area contributed by atoms with Gasteiger partial charge in [-0.1, -0.05) is 41.9 Å². The highest BCUT2D eigenvalue weighted by atomic mass is 35.5. The lowest BCUT2D eigenvalue weighted by atomic mass is 10.2. The van der Waals surface area contributed by atoms with Crippen molar-refractivity contribution in [1.29, 1.82) is 0 Å². The fourth-order valence-corrected chi connectivity index (χ4v) is 2.99. The average molecular weight is 378 g/mol.